The summed E-state index contributed by atoms with van der Waals surface area (Å²) < 4.78 is 8.30. The molecule has 0 aliphatic carbocycles. The smallest absolute Gasteiger partial charge is 0.119 e. The molecule has 1 aromatic carbocycles. The van der Waals surface area contributed by atoms with E-state index in [1.807, 2.05) is 49.8 Å². The van der Waals surface area contributed by atoms with E-state index >= 15 is 0 Å². The first-order chi connectivity index (χ1) is 12.3. The van der Waals surface area contributed by atoms with Crippen LogP contribution >= 0.6 is 0 Å². The van der Waals surface area contributed by atoms with Gasteiger partial charge in [0.25, 0.3) is 0 Å². The molecular formula is C19H23N5O. The van der Waals surface area contributed by atoms with Gasteiger partial charge >= 0.3 is 0 Å². The van der Waals surface area contributed by atoms with Crippen molar-refractivity contribution in [3.8, 4) is 5.75 Å². The van der Waals surface area contributed by atoms with Gasteiger partial charge in [-0.1, -0.05) is 18.2 Å². The van der Waals surface area contributed by atoms with E-state index in [-0.39, 0.29) is 0 Å². The second-order valence-corrected chi connectivity index (χ2v) is 6.59. The highest BCUT2D eigenvalue weighted by molar-refractivity contribution is 5.21. The molecule has 1 aliphatic heterocycles. The molecule has 0 radical (unpaired) electrons. The van der Waals surface area contributed by atoms with E-state index in [0.29, 0.717) is 12.6 Å². The maximum absolute atomic E-state index is 6.05. The van der Waals surface area contributed by atoms with Crippen LogP contribution in [0.5, 0.6) is 5.75 Å². The van der Waals surface area contributed by atoms with Crippen molar-refractivity contribution in [3.05, 3.63) is 66.0 Å². The summed E-state index contributed by atoms with van der Waals surface area (Å²) in [6.45, 7) is 5.33. The number of H-pyrrole nitrogens is 1. The van der Waals surface area contributed by atoms with Gasteiger partial charge in [-0.15, -0.1) is 0 Å². The van der Waals surface area contributed by atoms with Crippen LogP contribution in [0.4, 0.5) is 0 Å². The number of para-hydroxylation sites is 1. The largest absolute Gasteiger partial charge is 0.492 e. The van der Waals surface area contributed by atoms with Gasteiger partial charge in [0.15, 0.2) is 0 Å². The average molecular weight is 337 g/mol. The van der Waals surface area contributed by atoms with Crippen molar-refractivity contribution in [3.63, 3.8) is 0 Å². The summed E-state index contributed by atoms with van der Waals surface area (Å²) in [5.41, 5.74) is 3.40. The van der Waals surface area contributed by atoms with Crippen LogP contribution in [0.25, 0.3) is 0 Å². The first-order valence-corrected chi connectivity index (χ1v) is 8.70. The lowest BCUT2D eigenvalue weighted by molar-refractivity contribution is 0.117. The molecule has 0 unspecified atom stereocenters. The van der Waals surface area contributed by atoms with E-state index < -0.39 is 0 Å². The number of nitrogens with one attached hydrogen (secondary N) is 1. The molecule has 2 aromatic heterocycles. The Kier molecular flexibility index (Phi) is 4.52. The maximum atomic E-state index is 6.05. The number of aryl methyl sites for hydroxylation is 2. The van der Waals surface area contributed by atoms with Gasteiger partial charge in [-0.05, 0) is 31.5 Å². The number of rotatable bonds is 5. The van der Waals surface area contributed by atoms with Crippen molar-refractivity contribution >= 4 is 0 Å². The van der Waals surface area contributed by atoms with Gasteiger partial charge in [0.05, 0.1) is 17.7 Å². The van der Waals surface area contributed by atoms with Gasteiger partial charge < -0.3 is 9.30 Å². The van der Waals surface area contributed by atoms with E-state index in [4.69, 9.17) is 4.74 Å². The molecule has 0 bridgehead atoms. The fourth-order valence-corrected chi connectivity index (χ4v) is 3.34. The lowest BCUT2D eigenvalue weighted by Gasteiger charge is -2.28. The third-order valence-corrected chi connectivity index (χ3v) is 4.69. The zero-order valence-corrected chi connectivity index (χ0v) is 14.4. The van der Waals surface area contributed by atoms with Crippen molar-refractivity contribution in [2.24, 2.45) is 0 Å². The second kappa shape index (κ2) is 7.11. The molecule has 6 nitrogen and oxygen atoms in total. The Labute approximate surface area is 147 Å². The van der Waals surface area contributed by atoms with Crippen LogP contribution in [0.1, 0.15) is 23.5 Å². The minimum atomic E-state index is 0.331. The summed E-state index contributed by atoms with van der Waals surface area (Å²) in [7, 11) is 0. The highest BCUT2D eigenvalue weighted by Gasteiger charge is 2.25. The predicted molar refractivity (Wildman–Crippen MR) is 95.1 cm³/mol. The fourth-order valence-electron chi connectivity index (χ4n) is 3.34. The second-order valence-electron chi connectivity index (χ2n) is 6.59. The van der Waals surface area contributed by atoms with Gasteiger partial charge in [-0.3, -0.25) is 10.00 Å². The molecule has 1 aliphatic rings. The van der Waals surface area contributed by atoms with E-state index in [1.54, 1.807) is 0 Å². The predicted octanol–water partition coefficient (Wildman–Crippen LogP) is 2.77. The van der Waals surface area contributed by atoms with Crippen LogP contribution in [0.3, 0.4) is 0 Å². The maximum Gasteiger partial charge on any atom is 0.119 e. The average Bonchev–Trinajstić information content (AvgIpc) is 3.21. The van der Waals surface area contributed by atoms with Crippen molar-refractivity contribution < 1.29 is 4.74 Å². The molecule has 0 spiro atoms. The van der Waals surface area contributed by atoms with Crippen LogP contribution in [0, 0.1) is 6.92 Å². The molecule has 1 N–H and O–H groups in total. The van der Waals surface area contributed by atoms with Gasteiger partial charge in [0.2, 0.25) is 0 Å². The number of fused-ring (bicyclic) bond motifs is 1. The van der Waals surface area contributed by atoms with Crippen molar-refractivity contribution in [2.45, 2.75) is 39.0 Å². The molecule has 1 atom stereocenters. The highest BCUT2D eigenvalue weighted by atomic mass is 16.5. The zero-order valence-electron chi connectivity index (χ0n) is 14.4. The van der Waals surface area contributed by atoms with Gasteiger partial charge in [0.1, 0.15) is 12.4 Å². The zero-order chi connectivity index (χ0) is 17.1. The van der Waals surface area contributed by atoms with Crippen molar-refractivity contribution in [1.82, 2.24) is 24.6 Å². The molecule has 0 fully saturated rings. The van der Waals surface area contributed by atoms with Gasteiger partial charge in [-0.25, -0.2) is 4.98 Å². The summed E-state index contributed by atoms with van der Waals surface area (Å²) >= 11 is 0. The molecule has 130 valence electrons. The summed E-state index contributed by atoms with van der Waals surface area (Å²) in [4.78, 5) is 6.74. The number of ether oxygens (including phenoxy) is 1. The number of aromatic nitrogens is 4. The van der Waals surface area contributed by atoms with Crippen LogP contribution < -0.4 is 4.74 Å². The lowest BCUT2D eigenvalue weighted by atomic mass is 10.1. The minimum Gasteiger partial charge on any atom is -0.492 e. The SMILES string of the molecule is Cc1cc(CN2Cc3cncn3CC[C@@H]2COc2ccccc2)n[nH]1. The van der Waals surface area contributed by atoms with E-state index in [9.17, 15) is 0 Å². The minimum absolute atomic E-state index is 0.331. The number of benzene rings is 1. The molecule has 4 rings (SSSR count). The fraction of sp³-hybridized carbons (Fsp3) is 0.368. The molecular weight excluding hydrogens is 314 g/mol. The summed E-state index contributed by atoms with van der Waals surface area (Å²) in [6, 6.07) is 12.5. The Morgan fingerprint density at radius 3 is 2.96 bits per heavy atom. The third-order valence-electron chi connectivity index (χ3n) is 4.69. The monoisotopic (exact) mass is 337 g/mol. The summed E-state index contributed by atoms with van der Waals surface area (Å²) in [5, 5.41) is 7.44. The molecule has 3 aromatic rings. The van der Waals surface area contributed by atoms with Crippen molar-refractivity contribution in [2.75, 3.05) is 6.61 Å². The van der Waals surface area contributed by atoms with Crippen LogP contribution in [-0.2, 0) is 19.6 Å². The molecule has 0 saturated carbocycles. The first-order valence-electron chi connectivity index (χ1n) is 8.70. The third kappa shape index (κ3) is 3.74. The van der Waals surface area contributed by atoms with Crippen LogP contribution in [-0.4, -0.2) is 37.3 Å². The van der Waals surface area contributed by atoms with Crippen LogP contribution in [0.15, 0.2) is 48.9 Å². The summed E-state index contributed by atoms with van der Waals surface area (Å²) in [6.07, 6.45) is 4.91. The highest BCUT2D eigenvalue weighted by Crippen LogP contribution is 2.21. The van der Waals surface area contributed by atoms with Gasteiger partial charge in [0, 0.05) is 37.6 Å². The topological polar surface area (TPSA) is 59.0 Å². The van der Waals surface area contributed by atoms with Crippen LogP contribution in [0.2, 0.25) is 0 Å². The van der Waals surface area contributed by atoms with E-state index in [0.717, 1.165) is 43.2 Å². The Hall–Kier alpha value is -2.60. The number of imidazole rings is 1. The standard InChI is InChI=1S/C19H23N5O/c1-15-9-16(22-21-15)11-24-12-18-10-20-14-23(18)8-7-17(24)13-25-19-5-3-2-4-6-19/h2-6,9-10,14,17H,7-8,11-13H2,1H3,(H,21,22)/t17-/m1/s1. The Morgan fingerprint density at radius 1 is 1.28 bits per heavy atom. The lowest BCUT2D eigenvalue weighted by Crippen LogP contribution is -2.38. The molecule has 25 heavy (non-hydrogen) atoms. The Morgan fingerprint density at radius 2 is 2.16 bits per heavy atom. The van der Waals surface area contributed by atoms with Crippen molar-refractivity contribution in [1.29, 1.82) is 0 Å². The summed E-state index contributed by atoms with van der Waals surface area (Å²) in [5.74, 6) is 0.920. The number of hydrogen-bond donors (Lipinski definition) is 1. The molecule has 0 amide bonds. The number of aromatic amines is 1. The molecule has 0 saturated heterocycles. The first kappa shape index (κ1) is 15.9. The van der Waals surface area contributed by atoms with E-state index in [1.165, 1.54) is 5.69 Å². The molecule has 6 heteroatoms. The van der Waals surface area contributed by atoms with E-state index in [2.05, 4.69) is 30.7 Å². The quantitative estimate of drug-likeness (QED) is 0.778. The molecule has 3 heterocycles. The van der Waals surface area contributed by atoms with Gasteiger partial charge in [-0.2, -0.15) is 5.10 Å². The number of nitrogens with zero attached hydrogens (tertiary/aromatic N) is 4. The normalized spacial score (nSPS) is 17.9. The number of hydrogen-bond acceptors (Lipinski definition) is 4. The Bertz CT molecular complexity index is 810. The Balaban J connectivity index is 1.50.